The first-order valence-corrected chi connectivity index (χ1v) is 3.61. The molecule has 0 aliphatic carbocycles. The summed E-state index contributed by atoms with van der Waals surface area (Å²) in [6.45, 7) is 2.11. The van der Waals surface area contributed by atoms with Crippen LogP contribution in [-0.2, 0) is 6.42 Å². The van der Waals surface area contributed by atoms with Gasteiger partial charge in [0.05, 0.1) is 0 Å². The van der Waals surface area contributed by atoms with Crippen LogP contribution < -0.4 is 0 Å². The Morgan fingerprint density at radius 3 is 2.90 bits per heavy atom. The molecule has 10 heavy (non-hydrogen) atoms. The highest BCUT2D eigenvalue weighted by Crippen LogP contribution is 1.99. The van der Waals surface area contributed by atoms with Crippen LogP contribution in [0.25, 0.3) is 0 Å². The van der Waals surface area contributed by atoms with Gasteiger partial charge in [0.1, 0.15) is 0 Å². The lowest BCUT2D eigenvalue weighted by molar-refractivity contribution is 0.740. The normalized spacial score (nSPS) is 10.2. The van der Waals surface area contributed by atoms with Gasteiger partial charge in [-0.3, -0.25) is 0 Å². The lowest BCUT2D eigenvalue weighted by Gasteiger charge is -1.91. The number of aryl methyl sites for hydroxylation is 1. The van der Waals surface area contributed by atoms with Crippen molar-refractivity contribution in [1.29, 1.82) is 0 Å². The minimum Gasteiger partial charge on any atom is -0.136 e. The molecule has 0 saturated heterocycles. The summed E-state index contributed by atoms with van der Waals surface area (Å²) in [4.78, 5) is 0. The fourth-order valence-electron chi connectivity index (χ4n) is 0.672. The van der Waals surface area contributed by atoms with Gasteiger partial charge in [-0.2, -0.15) is 0 Å². The van der Waals surface area contributed by atoms with Gasteiger partial charge in [0, 0.05) is 18.2 Å². The smallest absolute Gasteiger partial charge is 0.136 e. The number of nitrogens with zero attached hydrogens (tertiary/aromatic N) is 4. The molecule has 1 aromatic heterocycles. The van der Waals surface area contributed by atoms with Crippen LogP contribution in [0.4, 0.5) is 0 Å². The number of aromatic nitrogens is 4. The molecule has 4 nitrogen and oxygen atoms in total. The summed E-state index contributed by atoms with van der Waals surface area (Å²) in [6.07, 6.45) is 3.06. The minimum atomic E-state index is 0.739. The second-order valence-electron chi connectivity index (χ2n) is 2.06. The van der Waals surface area contributed by atoms with Gasteiger partial charge in [-0.05, 0) is 16.8 Å². The fraction of sp³-hybridized carbons (Fsp3) is 0.800. The van der Waals surface area contributed by atoms with Gasteiger partial charge in [-0.1, -0.05) is 13.3 Å². The van der Waals surface area contributed by atoms with Crippen molar-refractivity contribution in [2.24, 2.45) is 0 Å². The highest BCUT2D eigenvalue weighted by atomic mass is 35.5. The van der Waals surface area contributed by atoms with Crippen molar-refractivity contribution in [2.75, 3.05) is 0 Å². The second-order valence-corrected chi connectivity index (χ2v) is 2.38. The number of rotatable bonds is 3. The summed E-state index contributed by atoms with van der Waals surface area (Å²) in [5.41, 5.74) is 0. The van der Waals surface area contributed by atoms with Crippen LogP contribution in [0.1, 0.15) is 25.6 Å². The molecule has 0 unspecified atom stereocenters. The summed E-state index contributed by atoms with van der Waals surface area (Å²) in [5.74, 6) is 0.739. The SMILES string of the molecule is CCCCc1nnnn1Cl. The van der Waals surface area contributed by atoms with Crippen LogP contribution in [0.5, 0.6) is 0 Å². The zero-order valence-corrected chi connectivity index (χ0v) is 6.54. The molecule has 0 amide bonds. The van der Waals surface area contributed by atoms with E-state index in [2.05, 4.69) is 22.4 Å². The van der Waals surface area contributed by atoms with E-state index in [4.69, 9.17) is 11.8 Å². The van der Waals surface area contributed by atoms with E-state index in [0.29, 0.717) is 0 Å². The summed E-state index contributed by atoms with van der Waals surface area (Å²) in [5, 5.41) is 10.6. The van der Waals surface area contributed by atoms with Gasteiger partial charge >= 0.3 is 0 Å². The highest BCUT2D eigenvalue weighted by Gasteiger charge is 2.00. The van der Waals surface area contributed by atoms with Crippen molar-refractivity contribution < 1.29 is 0 Å². The minimum absolute atomic E-state index is 0.739. The first-order valence-electron chi connectivity index (χ1n) is 3.28. The molecule has 0 aliphatic rings. The molecule has 1 heterocycles. The van der Waals surface area contributed by atoms with E-state index in [0.717, 1.165) is 25.1 Å². The fourth-order valence-corrected chi connectivity index (χ4v) is 0.821. The van der Waals surface area contributed by atoms with Crippen molar-refractivity contribution in [3.63, 3.8) is 0 Å². The first-order chi connectivity index (χ1) is 4.84. The van der Waals surface area contributed by atoms with Crippen LogP contribution >= 0.6 is 11.8 Å². The van der Waals surface area contributed by atoms with E-state index in [1.165, 1.54) is 4.20 Å². The Kier molecular flexibility index (Phi) is 2.62. The Morgan fingerprint density at radius 2 is 2.40 bits per heavy atom. The number of halogens is 1. The molecule has 5 heteroatoms. The number of hydrogen-bond acceptors (Lipinski definition) is 3. The van der Waals surface area contributed by atoms with Crippen molar-refractivity contribution in [2.45, 2.75) is 26.2 Å². The number of tetrazole rings is 1. The Morgan fingerprint density at radius 1 is 1.60 bits per heavy atom. The molecule has 0 aliphatic heterocycles. The second kappa shape index (κ2) is 3.51. The van der Waals surface area contributed by atoms with Gasteiger partial charge in [0.2, 0.25) is 0 Å². The molecule has 0 N–H and O–H groups in total. The maximum Gasteiger partial charge on any atom is 0.169 e. The van der Waals surface area contributed by atoms with E-state index < -0.39 is 0 Å². The summed E-state index contributed by atoms with van der Waals surface area (Å²) in [7, 11) is 0. The van der Waals surface area contributed by atoms with Gasteiger partial charge in [0.15, 0.2) is 5.82 Å². The van der Waals surface area contributed by atoms with Crippen molar-refractivity contribution in [3.05, 3.63) is 5.82 Å². The van der Waals surface area contributed by atoms with Crippen LogP contribution in [0.3, 0.4) is 0 Å². The van der Waals surface area contributed by atoms with Crippen LogP contribution in [0.15, 0.2) is 0 Å². The maximum atomic E-state index is 5.56. The van der Waals surface area contributed by atoms with Gasteiger partial charge < -0.3 is 0 Å². The van der Waals surface area contributed by atoms with E-state index >= 15 is 0 Å². The molecule has 0 saturated carbocycles. The van der Waals surface area contributed by atoms with Crippen LogP contribution in [0.2, 0.25) is 0 Å². The van der Waals surface area contributed by atoms with Gasteiger partial charge in [0.25, 0.3) is 0 Å². The first kappa shape index (κ1) is 7.47. The van der Waals surface area contributed by atoms with Crippen LogP contribution in [0, 0.1) is 0 Å². The average Bonchev–Trinajstić information content (AvgIpc) is 2.31. The van der Waals surface area contributed by atoms with E-state index in [9.17, 15) is 0 Å². The lowest BCUT2D eigenvalue weighted by atomic mass is 10.2. The summed E-state index contributed by atoms with van der Waals surface area (Å²) < 4.78 is 1.19. The van der Waals surface area contributed by atoms with Crippen molar-refractivity contribution >= 4 is 11.8 Å². The summed E-state index contributed by atoms with van der Waals surface area (Å²) >= 11 is 5.56. The molecule has 0 fully saturated rings. The van der Waals surface area contributed by atoms with E-state index in [1.54, 1.807) is 0 Å². The Bertz CT molecular complexity index is 197. The predicted octanol–water partition coefficient (Wildman–Crippen LogP) is 1.02. The maximum absolute atomic E-state index is 5.56. The molecule has 0 atom stereocenters. The van der Waals surface area contributed by atoms with E-state index in [-0.39, 0.29) is 0 Å². The molecule has 1 aromatic rings. The molecular weight excluding hydrogens is 152 g/mol. The Labute approximate surface area is 64.3 Å². The third-order valence-electron chi connectivity index (χ3n) is 1.25. The van der Waals surface area contributed by atoms with Crippen LogP contribution in [-0.4, -0.2) is 19.7 Å². The van der Waals surface area contributed by atoms with E-state index in [1.807, 2.05) is 0 Å². The predicted molar refractivity (Wildman–Crippen MR) is 37.7 cm³/mol. The topological polar surface area (TPSA) is 43.6 Å². The average molecular weight is 161 g/mol. The molecule has 0 spiro atoms. The molecule has 0 aromatic carbocycles. The van der Waals surface area contributed by atoms with Crippen molar-refractivity contribution in [3.8, 4) is 0 Å². The quantitative estimate of drug-likeness (QED) is 0.663. The summed E-state index contributed by atoms with van der Waals surface area (Å²) in [6, 6.07) is 0. The van der Waals surface area contributed by atoms with Crippen molar-refractivity contribution in [1.82, 2.24) is 19.7 Å². The van der Waals surface area contributed by atoms with Gasteiger partial charge in [-0.25, -0.2) is 0 Å². The number of unbranched alkanes of at least 4 members (excludes halogenated alkanes) is 1. The third-order valence-corrected chi connectivity index (χ3v) is 1.51. The zero-order valence-electron chi connectivity index (χ0n) is 5.79. The molecule has 0 bridgehead atoms. The Hall–Kier alpha value is -0.640. The standard InChI is InChI=1S/C5H9ClN4/c1-2-3-4-5-7-8-9-10(5)6/h2-4H2,1H3. The molecular formula is C5H9ClN4. The monoisotopic (exact) mass is 160 g/mol. The third kappa shape index (κ3) is 1.67. The number of hydrogen-bond donors (Lipinski definition) is 0. The molecule has 1 rings (SSSR count). The zero-order chi connectivity index (χ0) is 7.40. The largest absolute Gasteiger partial charge is 0.169 e. The van der Waals surface area contributed by atoms with Gasteiger partial charge in [-0.15, -0.1) is 9.30 Å². The molecule has 56 valence electrons. The molecule has 0 radical (unpaired) electrons. The Balaban J connectivity index is 2.49. The highest BCUT2D eigenvalue weighted by molar-refractivity contribution is 6.14. The lowest BCUT2D eigenvalue weighted by Crippen LogP contribution is -1.93.